The van der Waals surface area contributed by atoms with E-state index in [4.69, 9.17) is 14.2 Å². The van der Waals surface area contributed by atoms with Gasteiger partial charge >= 0.3 is 0 Å². The van der Waals surface area contributed by atoms with Gasteiger partial charge in [-0.3, -0.25) is 10.1 Å². The van der Waals surface area contributed by atoms with Crippen LogP contribution >= 0.6 is 0 Å². The van der Waals surface area contributed by atoms with Crippen molar-refractivity contribution in [2.45, 2.75) is 25.6 Å². The molecule has 0 aliphatic carbocycles. The van der Waals surface area contributed by atoms with Crippen LogP contribution in [0.2, 0.25) is 0 Å². The van der Waals surface area contributed by atoms with Gasteiger partial charge in [0.15, 0.2) is 17.9 Å². The normalized spacial score (nSPS) is 21.6. The van der Waals surface area contributed by atoms with E-state index in [0.29, 0.717) is 24.8 Å². The molecule has 3 heterocycles. The number of ether oxygens (including phenoxy) is 3. The summed E-state index contributed by atoms with van der Waals surface area (Å²) in [7, 11) is 2.07. The van der Waals surface area contributed by atoms with Crippen molar-refractivity contribution < 1.29 is 19.1 Å². The lowest BCUT2D eigenvalue weighted by atomic mass is 10.2. The summed E-state index contributed by atoms with van der Waals surface area (Å²) in [5.74, 6) is 1.08. The Morgan fingerprint density at radius 1 is 1.31 bits per heavy atom. The lowest BCUT2D eigenvalue weighted by Gasteiger charge is -2.33. The van der Waals surface area contributed by atoms with E-state index < -0.39 is 4.92 Å². The third-order valence-electron chi connectivity index (χ3n) is 4.61. The van der Waals surface area contributed by atoms with Gasteiger partial charge in [0.2, 0.25) is 0 Å². The number of nitrogens with zero attached hydrogens (tertiary/aromatic N) is 4. The fourth-order valence-corrected chi connectivity index (χ4v) is 3.06. The summed E-state index contributed by atoms with van der Waals surface area (Å²) < 4.78 is 17.0. The Morgan fingerprint density at radius 3 is 2.81 bits per heavy atom. The predicted octanol–water partition coefficient (Wildman–Crippen LogP) is 1.66. The molecule has 1 atom stereocenters. The zero-order valence-corrected chi connectivity index (χ0v) is 15.1. The minimum absolute atomic E-state index is 0.0746. The van der Waals surface area contributed by atoms with Crippen LogP contribution in [0, 0.1) is 10.1 Å². The molecule has 0 radical (unpaired) electrons. The van der Waals surface area contributed by atoms with Crippen molar-refractivity contribution in [1.29, 1.82) is 0 Å². The van der Waals surface area contributed by atoms with E-state index >= 15 is 0 Å². The maximum Gasteiger partial charge on any atom is 0.291 e. The molecule has 144 valence electrons. The molecule has 3 rings (SSSR count). The summed E-state index contributed by atoms with van der Waals surface area (Å²) >= 11 is 0. The lowest BCUT2D eigenvalue weighted by molar-refractivity contribution is -0.385. The van der Waals surface area contributed by atoms with Crippen LogP contribution in [-0.4, -0.2) is 74.1 Å². The molecule has 1 aromatic heterocycles. The van der Waals surface area contributed by atoms with Crippen molar-refractivity contribution in [3.8, 4) is 5.75 Å². The molecule has 0 saturated carbocycles. The third kappa shape index (κ3) is 5.03. The molecular formula is C17H26N4O5. The number of hydrogen-bond acceptors (Lipinski definition) is 8. The molecule has 2 aliphatic rings. The van der Waals surface area contributed by atoms with Crippen molar-refractivity contribution in [2.75, 3.05) is 57.9 Å². The van der Waals surface area contributed by atoms with Crippen LogP contribution < -0.4 is 9.64 Å². The molecule has 2 aliphatic heterocycles. The Morgan fingerprint density at radius 2 is 2.12 bits per heavy atom. The van der Waals surface area contributed by atoms with Crippen molar-refractivity contribution in [1.82, 2.24) is 9.88 Å². The van der Waals surface area contributed by atoms with E-state index in [0.717, 1.165) is 52.0 Å². The topological polar surface area (TPSA) is 90.2 Å². The SMILES string of the molecule is CN1CCN(c2ncc([N+](=O)[O-])cc2OCCOC2CCCCO2)CC1. The highest BCUT2D eigenvalue weighted by molar-refractivity contribution is 5.56. The highest BCUT2D eigenvalue weighted by Crippen LogP contribution is 2.30. The van der Waals surface area contributed by atoms with Crippen LogP contribution in [0.3, 0.4) is 0 Å². The van der Waals surface area contributed by atoms with Crippen molar-refractivity contribution in [2.24, 2.45) is 0 Å². The zero-order valence-electron chi connectivity index (χ0n) is 15.1. The first-order valence-electron chi connectivity index (χ1n) is 9.07. The zero-order chi connectivity index (χ0) is 18.4. The minimum Gasteiger partial charge on any atom is -0.487 e. The van der Waals surface area contributed by atoms with Crippen LogP contribution in [-0.2, 0) is 9.47 Å². The first-order valence-corrected chi connectivity index (χ1v) is 9.07. The van der Waals surface area contributed by atoms with Gasteiger partial charge < -0.3 is 24.0 Å². The summed E-state index contributed by atoms with van der Waals surface area (Å²) in [6, 6.07) is 1.44. The predicted molar refractivity (Wildman–Crippen MR) is 95.6 cm³/mol. The van der Waals surface area contributed by atoms with Crippen LogP contribution in [0.5, 0.6) is 5.75 Å². The average Bonchev–Trinajstić information content (AvgIpc) is 2.66. The molecule has 9 nitrogen and oxygen atoms in total. The summed E-state index contributed by atoms with van der Waals surface area (Å²) in [6.07, 6.45) is 4.18. The van der Waals surface area contributed by atoms with E-state index in [2.05, 4.69) is 21.8 Å². The Bertz CT molecular complexity index is 601. The number of nitro groups is 1. The van der Waals surface area contributed by atoms with Crippen molar-refractivity contribution in [3.63, 3.8) is 0 Å². The van der Waals surface area contributed by atoms with E-state index in [-0.39, 0.29) is 12.0 Å². The second-order valence-corrected chi connectivity index (χ2v) is 6.58. The maximum atomic E-state index is 11.1. The van der Waals surface area contributed by atoms with Gasteiger partial charge in [0.25, 0.3) is 5.69 Å². The van der Waals surface area contributed by atoms with Crippen LogP contribution in [0.15, 0.2) is 12.3 Å². The number of anilines is 1. The fraction of sp³-hybridized carbons (Fsp3) is 0.706. The van der Waals surface area contributed by atoms with E-state index in [1.165, 1.54) is 12.3 Å². The Hall–Kier alpha value is -1.97. The van der Waals surface area contributed by atoms with Gasteiger partial charge in [-0.05, 0) is 26.3 Å². The van der Waals surface area contributed by atoms with E-state index in [1.807, 2.05) is 0 Å². The van der Waals surface area contributed by atoms with Crippen molar-refractivity contribution >= 4 is 11.5 Å². The summed E-state index contributed by atoms with van der Waals surface area (Å²) in [6.45, 7) is 4.85. The number of pyridine rings is 1. The molecule has 0 aromatic carbocycles. The average molecular weight is 366 g/mol. The highest BCUT2D eigenvalue weighted by atomic mass is 16.7. The lowest BCUT2D eigenvalue weighted by Crippen LogP contribution is -2.45. The summed E-state index contributed by atoms with van der Waals surface area (Å²) in [5, 5.41) is 11.1. The summed E-state index contributed by atoms with van der Waals surface area (Å²) in [5.41, 5.74) is -0.0746. The second-order valence-electron chi connectivity index (χ2n) is 6.58. The van der Waals surface area contributed by atoms with Crippen LogP contribution in [0.1, 0.15) is 19.3 Å². The monoisotopic (exact) mass is 366 g/mol. The van der Waals surface area contributed by atoms with E-state index in [1.54, 1.807) is 0 Å². The molecule has 1 aromatic rings. The van der Waals surface area contributed by atoms with Gasteiger partial charge in [0.05, 0.1) is 17.6 Å². The van der Waals surface area contributed by atoms with Gasteiger partial charge in [-0.2, -0.15) is 0 Å². The van der Waals surface area contributed by atoms with Crippen molar-refractivity contribution in [3.05, 3.63) is 22.4 Å². The summed E-state index contributed by atoms with van der Waals surface area (Å²) in [4.78, 5) is 19.2. The third-order valence-corrected chi connectivity index (χ3v) is 4.61. The van der Waals surface area contributed by atoms with Gasteiger partial charge in [0.1, 0.15) is 12.8 Å². The smallest absolute Gasteiger partial charge is 0.291 e. The second kappa shape index (κ2) is 9.11. The van der Waals surface area contributed by atoms with Gasteiger partial charge in [0, 0.05) is 32.8 Å². The molecule has 9 heteroatoms. The Labute approximate surface area is 153 Å². The van der Waals surface area contributed by atoms with E-state index in [9.17, 15) is 10.1 Å². The molecule has 0 spiro atoms. The molecular weight excluding hydrogens is 340 g/mol. The number of rotatable bonds is 7. The number of aromatic nitrogens is 1. The van der Waals surface area contributed by atoms with Crippen LogP contribution in [0.25, 0.3) is 0 Å². The highest BCUT2D eigenvalue weighted by Gasteiger charge is 2.22. The Balaban J connectivity index is 1.60. The largest absolute Gasteiger partial charge is 0.487 e. The number of piperazine rings is 1. The minimum atomic E-state index is -0.458. The molecule has 1 unspecified atom stereocenters. The first-order chi connectivity index (χ1) is 12.6. The molecule has 26 heavy (non-hydrogen) atoms. The molecule has 2 saturated heterocycles. The first kappa shape index (κ1) is 18.8. The molecule has 0 N–H and O–H groups in total. The number of hydrogen-bond donors (Lipinski definition) is 0. The maximum absolute atomic E-state index is 11.1. The quantitative estimate of drug-likeness (QED) is 0.409. The van der Waals surface area contributed by atoms with Crippen LogP contribution in [0.4, 0.5) is 11.5 Å². The number of likely N-dealkylation sites (N-methyl/N-ethyl adjacent to an activating group) is 1. The Kier molecular flexibility index (Phi) is 6.59. The fourth-order valence-electron chi connectivity index (χ4n) is 3.06. The molecule has 0 bridgehead atoms. The van der Waals surface area contributed by atoms with Gasteiger partial charge in [-0.1, -0.05) is 0 Å². The molecule has 0 amide bonds. The van der Waals surface area contributed by atoms with Gasteiger partial charge in [-0.25, -0.2) is 4.98 Å². The standard InChI is InChI=1S/C17H26N4O5/c1-19-5-7-20(8-6-19)17-15(12-14(13-18-17)21(22)23)24-10-11-26-16-4-2-3-9-25-16/h12-13,16H,2-11H2,1H3. The molecule has 2 fully saturated rings. The van der Waals surface area contributed by atoms with Gasteiger partial charge in [-0.15, -0.1) is 0 Å².